The fourth-order valence-electron chi connectivity index (χ4n) is 4.05. The molecule has 172 valence electrons. The first-order valence-corrected chi connectivity index (χ1v) is 11.4. The second-order valence-electron chi connectivity index (χ2n) is 8.72. The van der Waals surface area contributed by atoms with E-state index in [1.165, 1.54) is 19.8 Å². The Kier molecular flexibility index (Phi) is 7.02. The lowest BCUT2D eigenvalue weighted by Crippen LogP contribution is -2.33. The van der Waals surface area contributed by atoms with E-state index >= 15 is 0 Å². The molecule has 7 heteroatoms. The van der Waals surface area contributed by atoms with Gasteiger partial charge in [0.1, 0.15) is 17.6 Å². The molecule has 2 heterocycles. The van der Waals surface area contributed by atoms with Crippen LogP contribution in [0.1, 0.15) is 51.1 Å². The van der Waals surface area contributed by atoms with Crippen molar-refractivity contribution >= 4 is 11.7 Å². The zero-order valence-corrected chi connectivity index (χ0v) is 19.2. The Labute approximate surface area is 190 Å². The highest BCUT2D eigenvalue weighted by Crippen LogP contribution is 2.31. The van der Waals surface area contributed by atoms with Crippen molar-refractivity contribution in [2.75, 3.05) is 26.8 Å². The maximum atomic E-state index is 11.3. The van der Waals surface area contributed by atoms with E-state index in [1.807, 2.05) is 43.5 Å². The van der Waals surface area contributed by atoms with Gasteiger partial charge in [-0.3, -0.25) is 4.79 Å². The summed E-state index contributed by atoms with van der Waals surface area (Å²) < 4.78 is 18.1. The molecule has 2 atom stereocenters. The van der Waals surface area contributed by atoms with Crippen molar-refractivity contribution in [3.05, 3.63) is 53.6 Å². The molecule has 1 aromatic carbocycles. The number of benzene rings is 1. The van der Waals surface area contributed by atoms with E-state index in [0.717, 1.165) is 54.8 Å². The minimum Gasteiger partial charge on any atom is -0.493 e. The second kappa shape index (κ2) is 10.1. The molecule has 3 aliphatic rings. The first kappa shape index (κ1) is 22.2. The number of carbonyl (C=O) groups excluding carboxylic acids is 1. The summed E-state index contributed by atoms with van der Waals surface area (Å²) in [4.78, 5) is 18.1. The summed E-state index contributed by atoms with van der Waals surface area (Å²) in [5.41, 5.74) is 1.05. The van der Waals surface area contributed by atoms with Gasteiger partial charge in [-0.2, -0.15) is 0 Å². The summed E-state index contributed by atoms with van der Waals surface area (Å²) in [6.07, 6.45) is 8.03. The average Bonchev–Trinajstić information content (AvgIpc) is 3.53. The maximum absolute atomic E-state index is 11.3. The fourth-order valence-corrected chi connectivity index (χ4v) is 4.05. The van der Waals surface area contributed by atoms with E-state index in [4.69, 9.17) is 14.2 Å². The molecule has 0 bridgehead atoms. The summed E-state index contributed by atoms with van der Waals surface area (Å²) in [7, 11) is 1.68. The van der Waals surface area contributed by atoms with Crippen LogP contribution in [0, 0.1) is 5.92 Å². The zero-order chi connectivity index (χ0) is 22.5. The summed E-state index contributed by atoms with van der Waals surface area (Å²) in [6, 6.07) is 7.90. The Bertz CT molecular complexity index is 902. The number of aliphatic imine (C=N–C) groups is 1. The van der Waals surface area contributed by atoms with E-state index < -0.39 is 0 Å². The molecule has 0 aromatic heterocycles. The van der Waals surface area contributed by atoms with Crippen molar-refractivity contribution in [1.82, 2.24) is 10.2 Å². The van der Waals surface area contributed by atoms with Gasteiger partial charge in [-0.15, -0.1) is 0 Å². The molecule has 2 aliphatic heterocycles. The zero-order valence-electron chi connectivity index (χ0n) is 19.2. The monoisotopic (exact) mass is 439 g/mol. The maximum Gasteiger partial charge on any atom is 0.217 e. The standard InChI is InChI=1S/C25H33N3O4/c1-17(27-18(2)29)20-8-10-21(11-9-20)32-22-12-14-28(15-22)25-24(30-3)23(5-4-13-26-25)31-16-19-6-7-19/h4,8-11,13,17,19,22H,5-7,12,14-16H2,1-3H3,(H,27,29). The number of likely N-dealkylation sites (tertiary alicyclic amines) is 1. The van der Waals surface area contributed by atoms with Crippen LogP contribution < -0.4 is 10.1 Å². The van der Waals surface area contributed by atoms with Crippen LogP contribution in [-0.2, 0) is 14.3 Å². The number of nitrogens with one attached hydrogen (secondary N) is 1. The van der Waals surface area contributed by atoms with Crippen LogP contribution in [0.4, 0.5) is 0 Å². The number of hydrogen-bond donors (Lipinski definition) is 1. The molecule has 1 amide bonds. The molecule has 1 saturated carbocycles. The predicted molar refractivity (Wildman–Crippen MR) is 123 cm³/mol. The van der Waals surface area contributed by atoms with Gasteiger partial charge in [-0.25, -0.2) is 4.99 Å². The number of nitrogens with zero attached hydrogens (tertiary/aromatic N) is 2. The molecule has 1 saturated heterocycles. The van der Waals surface area contributed by atoms with Gasteiger partial charge in [-0.05, 0) is 43.4 Å². The molecule has 0 spiro atoms. The third kappa shape index (κ3) is 5.64. The fraction of sp³-hybridized carbons (Fsp3) is 0.520. The third-order valence-electron chi connectivity index (χ3n) is 6.00. The first-order chi connectivity index (χ1) is 15.5. The SMILES string of the molecule is COC1=C(OCC2CC2)CC=CN=C1N1CCC(Oc2ccc(C(C)NC(C)=O)cc2)C1. The lowest BCUT2D eigenvalue weighted by molar-refractivity contribution is -0.119. The van der Waals surface area contributed by atoms with Crippen LogP contribution in [0.25, 0.3) is 0 Å². The van der Waals surface area contributed by atoms with Gasteiger partial charge < -0.3 is 24.4 Å². The molecule has 4 rings (SSSR count). The van der Waals surface area contributed by atoms with Crippen LogP contribution in [0.3, 0.4) is 0 Å². The number of allylic oxidation sites excluding steroid dienone is 1. The molecule has 1 N–H and O–H groups in total. The minimum absolute atomic E-state index is 0.0274. The molecule has 32 heavy (non-hydrogen) atoms. The van der Waals surface area contributed by atoms with Crippen molar-refractivity contribution in [2.45, 2.75) is 51.7 Å². The lowest BCUT2D eigenvalue weighted by Gasteiger charge is -2.23. The average molecular weight is 440 g/mol. The Hall–Kier alpha value is -2.96. The quantitative estimate of drug-likeness (QED) is 0.664. The predicted octanol–water partition coefficient (Wildman–Crippen LogP) is 3.94. The summed E-state index contributed by atoms with van der Waals surface area (Å²) in [5.74, 6) is 3.89. The van der Waals surface area contributed by atoms with Gasteiger partial charge in [-0.1, -0.05) is 18.2 Å². The number of methoxy groups -OCH3 is 1. The van der Waals surface area contributed by atoms with E-state index in [9.17, 15) is 4.79 Å². The van der Waals surface area contributed by atoms with Crippen molar-refractivity contribution in [3.63, 3.8) is 0 Å². The van der Waals surface area contributed by atoms with Gasteiger partial charge in [0.25, 0.3) is 0 Å². The summed E-state index contributed by atoms with van der Waals surface area (Å²) in [6.45, 7) is 5.83. The molecule has 2 fully saturated rings. The van der Waals surface area contributed by atoms with Crippen molar-refractivity contribution in [2.24, 2.45) is 10.9 Å². The van der Waals surface area contributed by atoms with Gasteiger partial charge in [0, 0.05) is 32.5 Å². The molecular formula is C25H33N3O4. The molecule has 1 aliphatic carbocycles. The topological polar surface area (TPSA) is 72.4 Å². The van der Waals surface area contributed by atoms with Gasteiger partial charge in [0.05, 0.1) is 26.3 Å². The van der Waals surface area contributed by atoms with E-state index in [1.54, 1.807) is 7.11 Å². The minimum atomic E-state index is -0.0364. The number of amides is 1. The number of carbonyl (C=O) groups is 1. The molecule has 1 aromatic rings. The van der Waals surface area contributed by atoms with Crippen LogP contribution in [0.15, 0.2) is 53.1 Å². The largest absolute Gasteiger partial charge is 0.493 e. The van der Waals surface area contributed by atoms with E-state index in [0.29, 0.717) is 12.3 Å². The van der Waals surface area contributed by atoms with Crippen molar-refractivity contribution < 1.29 is 19.0 Å². The highest BCUT2D eigenvalue weighted by Gasteiger charge is 2.31. The van der Waals surface area contributed by atoms with Crippen LogP contribution in [0.5, 0.6) is 5.75 Å². The molecule has 2 unspecified atom stereocenters. The van der Waals surface area contributed by atoms with Crippen molar-refractivity contribution in [3.8, 4) is 5.75 Å². The Morgan fingerprint density at radius 1 is 1.25 bits per heavy atom. The van der Waals surface area contributed by atoms with Gasteiger partial charge >= 0.3 is 0 Å². The second-order valence-corrected chi connectivity index (χ2v) is 8.72. The highest BCUT2D eigenvalue weighted by atomic mass is 16.5. The van der Waals surface area contributed by atoms with Crippen LogP contribution in [0.2, 0.25) is 0 Å². The smallest absolute Gasteiger partial charge is 0.217 e. The van der Waals surface area contributed by atoms with E-state index in [-0.39, 0.29) is 18.1 Å². The Morgan fingerprint density at radius 3 is 2.72 bits per heavy atom. The third-order valence-corrected chi connectivity index (χ3v) is 6.00. The number of hydrogen-bond acceptors (Lipinski definition) is 6. The normalized spacial score (nSPS) is 21.7. The number of rotatable bonds is 8. The summed E-state index contributed by atoms with van der Waals surface area (Å²) in [5, 5.41) is 2.90. The first-order valence-electron chi connectivity index (χ1n) is 11.4. The Balaban J connectivity index is 1.38. The molecule has 7 nitrogen and oxygen atoms in total. The highest BCUT2D eigenvalue weighted by molar-refractivity contribution is 5.97. The number of ether oxygens (including phenoxy) is 3. The lowest BCUT2D eigenvalue weighted by atomic mass is 10.1. The van der Waals surface area contributed by atoms with Crippen LogP contribution in [-0.4, -0.2) is 49.6 Å². The van der Waals surface area contributed by atoms with Gasteiger partial charge in [0.2, 0.25) is 5.91 Å². The number of amidine groups is 1. The molecule has 0 radical (unpaired) electrons. The van der Waals surface area contributed by atoms with E-state index in [2.05, 4.69) is 15.2 Å². The van der Waals surface area contributed by atoms with Crippen LogP contribution >= 0.6 is 0 Å². The van der Waals surface area contributed by atoms with Crippen molar-refractivity contribution in [1.29, 1.82) is 0 Å². The van der Waals surface area contributed by atoms with Gasteiger partial charge in [0.15, 0.2) is 11.6 Å². The summed E-state index contributed by atoms with van der Waals surface area (Å²) >= 11 is 0. The Morgan fingerprint density at radius 2 is 2.03 bits per heavy atom. The molecular weight excluding hydrogens is 406 g/mol.